The van der Waals surface area contributed by atoms with E-state index in [1.54, 1.807) is 7.11 Å². The molecule has 4 rings (SSSR count). The second-order valence-electron chi connectivity index (χ2n) is 8.54. The molecule has 2 heteroatoms. The van der Waals surface area contributed by atoms with Gasteiger partial charge in [0.15, 0.2) is 5.60 Å². The molecule has 0 aromatic heterocycles. The van der Waals surface area contributed by atoms with Gasteiger partial charge in [0.1, 0.15) is 0 Å². The fourth-order valence-corrected chi connectivity index (χ4v) is 6.81. The van der Waals surface area contributed by atoms with Crippen LogP contribution >= 0.6 is 0 Å². The number of hydrogen-bond donors (Lipinski definition) is 1. The first kappa shape index (κ1) is 17.0. The minimum atomic E-state index is -1.11. The topological polar surface area (TPSA) is 29.5 Å². The molecule has 3 unspecified atom stereocenters. The lowest BCUT2D eigenvalue weighted by atomic mass is 9.50. The SMILES string of the molecule is C#C[C@]1(O)C(=C)CC2C3CC=C4C=C(OC)CC[C@@H]4C3CC[C@@]21CC. The van der Waals surface area contributed by atoms with Crippen molar-refractivity contribution in [1.82, 2.24) is 0 Å². The number of rotatable bonds is 2. The Morgan fingerprint density at radius 3 is 2.88 bits per heavy atom. The molecule has 0 saturated heterocycles. The Bertz CT molecular complexity index is 693. The molecule has 0 heterocycles. The largest absolute Gasteiger partial charge is 0.501 e. The first-order valence-electron chi connectivity index (χ1n) is 9.83. The quantitative estimate of drug-likeness (QED) is 0.588. The van der Waals surface area contributed by atoms with Gasteiger partial charge in [-0.2, -0.15) is 0 Å². The predicted octanol–water partition coefficient (Wildman–Crippen LogP) is 4.62. The van der Waals surface area contributed by atoms with Crippen LogP contribution in [0.1, 0.15) is 51.9 Å². The molecule has 0 radical (unpaired) electrons. The summed E-state index contributed by atoms with van der Waals surface area (Å²) in [4.78, 5) is 0. The molecule has 0 bridgehead atoms. The number of hydrogen-bond acceptors (Lipinski definition) is 2. The van der Waals surface area contributed by atoms with Gasteiger partial charge in [0, 0.05) is 11.8 Å². The van der Waals surface area contributed by atoms with Crippen LogP contribution in [0.15, 0.2) is 35.6 Å². The van der Waals surface area contributed by atoms with Crippen LogP contribution in [-0.4, -0.2) is 17.8 Å². The molecule has 1 N–H and O–H groups in total. The molecule has 4 aliphatic carbocycles. The maximum Gasteiger partial charge on any atom is 0.152 e. The molecule has 25 heavy (non-hydrogen) atoms. The lowest BCUT2D eigenvalue weighted by Gasteiger charge is -2.54. The summed E-state index contributed by atoms with van der Waals surface area (Å²) in [6.07, 6.45) is 17.9. The maximum absolute atomic E-state index is 11.3. The fourth-order valence-electron chi connectivity index (χ4n) is 6.81. The van der Waals surface area contributed by atoms with E-state index in [9.17, 15) is 5.11 Å². The zero-order valence-corrected chi connectivity index (χ0v) is 15.6. The molecule has 2 saturated carbocycles. The molecule has 2 nitrogen and oxygen atoms in total. The average Bonchev–Trinajstić information content (AvgIpc) is 2.89. The van der Waals surface area contributed by atoms with E-state index >= 15 is 0 Å². The van der Waals surface area contributed by atoms with Gasteiger partial charge >= 0.3 is 0 Å². The number of terminal acetylenes is 1. The minimum Gasteiger partial charge on any atom is -0.501 e. The van der Waals surface area contributed by atoms with Gasteiger partial charge in [0.2, 0.25) is 0 Å². The zero-order chi connectivity index (χ0) is 17.8. The van der Waals surface area contributed by atoms with E-state index in [4.69, 9.17) is 11.2 Å². The van der Waals surface area contributed by atoms with Crippen molar-refractivity contribution < 1.29 is 9.84 Å². The van der Waals surface area contributed by atoms with Crippen molar-refractivity contribution in [3.8, 4) is 12.3 Å². The molecule has 4 aliphatic rings. The third-order valence-electron chi connectivity index (χ3n) is 8.10. The highest BCUT2D eigenvalue weighted by atomic mass is 16.5. The molecule has 0 amide bonds. The van der Waals surface area contributed by atoms with E-state index in [2.05, 4.69) is 31.6 Å². The Balaban J connectivity index is 1.71. The number of methoxy groups -OCH3 is 1. The third-order valence-corrected chi connectivity index (χ3v) is 8.10. The Hall–Kier alpha value is -1.46. The predicted molar refractivity (Wildman–Crippen MR) is 100 cm³/mol. The lowest BCUT2D eigenvalue weighted by Crippen LogP contribution is -2.53. The van der Waals surface area contributed by atoms with Crippen LogP contribution in [0.2, 0.25) is 0 Å². The van der Waals surface area contributed by atoms with E-state index in [0.717, 1.165) is 43.4 Å². The van der Waals surface area contributed by atoms with Crippen molar-refractivity contribution in [1.29, 1.82) is 0 Å². The molecule has 0 aromatic rings. The summed E-state index contributed by atoms with van der Waals surface area (Å²) in [6.45, 7) is 6.40. The van der Waals surface area contributed by atoms with Gasteiger partial charge in [0.25, 0.3) is 0 Å². The van der Waals surface area contributed by atoms with E-state index in [-0.39, 0.29) is 5.41 Å². The summed E-state index contributed by atoms with van der Waals surface area (Å²) < 4.78 is 5.49. The van der Waals surface area contributed by atoms with E-state index < -0.39 is 5.60 Å². The monoisotopic (exact) mass is 338 g/mol. The second-order valence-corrected chi connectivity index (χ2v) is 8.54. The normalized spacial score (nSPS) is 45.4. The van der Waals surface area contributed by atoms with E-state index in [0.29, 0.717) is 23.7 Å². The Kier molecular flexibility index (Phi) is 3.92. The van der Waals surface area contributed by atoms with Gasteiger partial charge in [-0.1, -0.05) is 25.5 Å². The van der Waals surface area contributed by atoms with Crippen LogP contribution in [0, 0.1) is 41.4 Å². The molecule has 2 fully saturated rings. The Morgan fingerprint density at radius 1 is 1.40 bits per heavy atom. The first-order chi connectivity index (χ1) is 12.0. The number of aliphatic hydroxyl groups is 1. The van der Waals surface area contributed by atoms with Crippen LogP contribution in [0.4, 0.5) is 0 Å². The van der Waals surface area contributed by atoms with Crippen molar-refractivity contribution in [3.05, 3.63) is 35.6 Å². The fraction of sp³-hybridized carbons (Fsp3) is 0.652. The molecular weight excluding hydrogens is 308 g/mol. The van der Waals surface area contributed by atoms with Crippen LogP contribution in [0.25, 0.3) is 0 Å². The van der Waals surface area contributed by atoms with Crippen molar-refractivity contribution in [2.24, 2.45) is 29.1 Å². The summed E-state index contributed by atoms with van der Waals surface area (Å²) in [7, 11) is 1.78. The second kappa shape index (κ2) is 5.78. The first-order valence-corrected chi connectivity index (χ1v) is 9.83. The van der Waals surface area contributed by atoms with Gasteiger partial charge in [-0.25, -0.2) is 0 Å². The summed E-state index contributed by atoms with van der Waals surface area (Å²) in [5.41, 5.74) is 1.07. The van der Waals surface area contributed by atoms with Gasteiger partial charge in [-0.05, 0) is 79.4 Å². The number of allylic oxidation sites excluding steroid dienone is 4. The van der Waals surface area contributed by atoms with Crippen LogP contribution in [0.3, 0.4) is 0 Å². The molecule has 0 spiro atoms. The summed E-state index contributed by atoms with van der Waals surface area (Å²) in [6, 6.07) is 0. The van der Waals surface area contributed by atoms with Gasteiger partial charge in [0.05, 0.1) is 12.9 Å². The highest BCUT2D eigenvalue weighted by molar-refractivity contribution is 5.40. The summed E-state index contributed by atoms with van der Waals surface area (Å²) >= 11 is 0. The summed E-state index contributed by atoms with van der Waals surface area (Å²) in [5, 5.41) is 11.3. The highest BCUT2D eigenvalue weighted by Gasteiger charge is 2.64. The van der Waals surface area contributed by atoms with Crippen molar-refractivity contribution >= 4 is 0 Å². The van der Waals surface area contributed by atoms with E-state index in [1.165, 1.54) is 18.4 Å². The summed E-state index contributed by atoms with van der Waals surface area (Å²) in [5.74, 6) is 6.34. The third kappa shape index (κ3) is 2.08. The lowest BCUT2D eigenvalue weighted by molar-refractivity contribution is -0.0860. The Labute approximate surface area is 152 Å². The molecule has 6 atom stereocenters. The molecule has 0 aromatic carbocycles. The highest BCUT2D eigenvalue weighted by Crippen LogP contribution is 2.66. The number of fused-ring (bicyclic) bond motifs is 5. The van der Waals surface area contributed by atoms with Crippen LogP contribution in [0.5, 0.6) is 0 Å². The van der Waals surface area contributed by atoms with Crippen molar-refractivity contribution in [2.45, 2.75) is 57.5 Å². The van der Waals surface area contributed by atoms with Gasteiger partial charge in [-0.3, -0.25) is 0 Å². The van der Waals surface area contributed by atoms with Gasteiger partial charge < -0.3 is 9.84 Å². The smallest absolute Gasteiger partial charge is 0.152 e. The maximum atomic E-state index is 11.3. The van der Waals surface area contributed by atoms with Crippen molar-refractivity contribution in [2.75, 3.05) is 7.11 Å². The van der Waals surface area contributed by atoms with Crippen LogP contribution < -0.4 is 0 Å². The number of ether oxygens (including phenoxy) is 1. The zero-order valence-electron chi connectivity index (χ0n) is 15.6. The molecular formula is C23H30O2. The molecule has 134 valence electrons. The standard InChI is InChI=1S/C23H30O2/c1-5-22-12-11-19-18-10-8-17(25-4)14-16(18)7-9-20(19)21(22)13-15(3)23(22,24)6-2/h2,7,14,18-21,24H,3,5,8-13H2,1,4H3/t18-,19?,20?,21?,22-,23-/m0/s1. The van der Waals surface area contributed by atoms with Crippen LogP contribution in [-0.2, 0) is 4.74 Å². The van der Waals surface area contributed by atoms with E-state index in [1.807, 2.05) is 0 Å². The average molecular weight is 338 g/mol. The van der Waals surface area contributed by atoms with Gasteiger partial charge in [-0.15, -0.1) is 6.42 Å². The molecule has 0 aliphatic heterocycles. The minimum absolute atomic E-state index is 0.173. The Morgan fingerprint density at radius 2 is 2.20 bits per heavy atom. The van der Waals surface area contributed by atoms with Crippen molar-refractivity contribution in [3.63, 3.8) is 0 Å².